The third-order valence-corrected chi connectivity index (χ3v) is 4.97. The molecule has 8 nitrogen and oxygen atoms in total. The van der Waals surface area contributed by atoms with E-state index in [0.29, 0.717) is 11.4 Å². The number of hydrogen-bond acceptors (Lipinski definition) is 6. The lowest BCUT2D eigenvalue weighted by molar-refractivity contribution is -0.121. The molecule has 2 aromatic rings. The van der Waals surface area contributed by atoms with Crippen LogP contribution < -0.4 is 20.1 Å². The monoisotopic (exact) mass is 421 g/mol. The van der Waals surface area contributed by atoms with Crippen LogP contribution in [0.5, 0.6) is 5.75 Å². The number of nitrogens with one attached hydrogen (secondary N) is 3. The van der Waals surface area contributed by atoms with Gasteiger partial charge in [0.25, 0.3) is 15.9 Å². The molecule has 0 aliphatic carbocycles. The van der Waals surface area contributed by atoms with E-state index in [-0.39, 0.29) is 16.6 Å². The zero-order chi connectivity index (χ0) is 20.7. The molecule has 3 N–H and O–H groups in total. The summed E-state index contributed by atoms with van der Waals surface area (Å²) in [5.74, 6) is -0.548. The van der Waals surface area contributed by atoms with E-state index >= 15 is 0 Å². The largest absolute Gasteiger partial charge is 0.484 e. The van der Waals surface area contributed by atoms with Crippen LogP contribution in [0.25, 0.3) is 0 Å². The van der Waals surface area contributed by atoms with Gasteiger partial charge in [-0.1, -0.05) is 12.1 Å². The summed E-state index contributed by atoms with van der Waals surface area (Å²) < 4.78 is 31.0. The van der Waals surface area contributed by atoms with Gasteiger partial charge in [-0.05, 0) is 61.1 Å². The Morgan fingerprint density at radius 2 is 1.79 bits per heavy atom. The molecular formula is C18H19N3O5S2. The first kappa shape index (κ1) is 21.3. The van der Waals surface area contributed by atoms with Gasteiger partial charge in [0.2, 0.25) is 5.91 Å². The first-order valence-electron chi connectivity index (χ1n) is 8.09. The predicted octanol–water partition coefficient (Wildman–Crippen LogP) is 1.71. The highest BCUT2D eigenvalue weighted by Gasteiger charge is 2.15. The highest BCUT2D eigenvalue weighted by atomic mass is 32.2. The van der Waals surface area contributed by atoms with Gasteiger partial charge in [-0.25, -0.2) is 13.1 Å². The number of carbonyl (C=O) groups excluding carboxylic acids is 2. The van der Waals surface area contributed by atoms with Crippen molar-refractivity contribution in [1.82, 2.24) is 10.0 Å². The number of aryl methyl sites for hydroxylation is 1. The van der Waals surface area contributed by atoms with Gasteiger partial charge in [0.15, 0.2) is 11.7 Å². The SMILES string of the molecule is CC(=O)NS(=O)(=O)c1ccc(NC(=S)NC(=O)COc2cccc(C)c2)cc1. The maximum Gasteiger partial charge on any atom is 0.264 e. The van der Waals surface area contributed by atoms with E-state index < -0.39 is 21.8 Å². The molecule has 0 fully saturated rings. The molecule has 148 valence electrons. The smallest absolute Gasteiger partial charge is 0.264 e. The van der Waals surface area contributed by atoms with Crippen LogP contribution in [0.1, 0.15) is 12.5 Å². The number of anilines is 1. The number of carbonyl (C=O) groups is 2. The zero-order valence-electron chi connectivity index (χ0n) is 15.2. The summed E-state index contributed by atoms with van der Waals surface area (Å²) in [7, 11) is -3.91. The zero-order valence-corrected chi connectivity index (χ0v) is 16.8. The Bertz CT molecular complexity index is 989. The van der Waals surface area contributed by atoms with Crippen LogP contribution in [0.3, 0.4) is 0 Å². The summed E-state index contributed by atoms with van der Waals surface area (Å²) in [5.41, 5.74) is 1.48. The van der Waals surface area contributed by atoms with Gasteiger partial charge in [-0.2, -0.15) is 0 Å². The number of hydrogen-bond donors (Lipinski definition) is 3. The Balaban J connectivity index is 1.87. The van der Waals surface area contributed by atoms with Gasteiger partial charge in [0.05, 0.1) is 4.90 Å². The number of rotatable bonds is 6. The second-order valence-electron chi connectivity index (χ2n) is 5.79. The summed E-state index contributed by atoms with van der Waals surface area (Å²) in [4.78, 5) is 22.8. The Labute approximate surface area is 168 Å². The van der Waals surface area contributed by atoms with Crippen molar-refractivity contribution in [3.8, 4) is 5.75 Å². The molecule has 0 heterocycles. The van der Waals surface area contributed by atoms with Crippen molar-refractivity contribution in [2.75, 3.05) is 11.9 Å². The molecule has 2 aromatic carbocycles. The lowest BCUT2D eigenvalue weighted by Gasteiger charge is -2.11. The maximum atomic E-state index is 11.9. The Morgan fingerprint density at radius 1 is 1.11 bits per heavy atom. The lowest BCUT2D eigenvalue weighted by Crippen LogP contribution is -2.37. The van der Waals surface area contributed by atoms with Gasteiger partial charge in [-0.3, -0.25) is 14.9 Å². The van der Waals surface area contributed by atoms with Gasteiger partial charge in [0, 0.05) is 12.6 Å². The first-order chi connectivity index (χ1) is 13.2. The predicted molar refractivity (Wildman–Crippen MR) is 108 cm³/mol. The average molecular weight is 422 g/mol. The molecule has 0 unspecified atom stereocenters. The molecule has 0 aliphatic heterocycles. The van der Waals surface area contributed by atoms with E-state index in [2.05, 4.69) is 10.6 Å². The minimum atomic E-state index is -3.91. The van der Waals surface area contributed by atoms with Crippen molar-refractivity contribution in [2.45, 2.75) is 18.7 Å². The molecule has 2 amide bonds. The van der Waals surface area contributed by atoms with E-state index in [4.69, 9.17) is 17.0 Å². The van der Waals surface area contributed by atoms with Crippen molar-refractivity contribution < 1.29 is 22.7 Å². The van der Waals surface area contributed by atoms with Crippen LogP contribution >= 0.6 is 12.2 Å². The third kappa shape index (κ3) is 6.63. The Hall–Kier alpha value is -2.98. The summed E-state index contributed by atoms with van der Waals surface area (Å²) in [6, 6.07) is 12.8. The fraction of sp³-hybridized carbons (Fsp3) is 0.167. The van der Waals surface area contributed by atoms with Crippen LogP contribution in [-0.4, -0.2) is 32.0 Å². The summed E-state index contributed by atoms with van der Waals surface area (Å²) >= 11 is 5.05. The molecule has 0 saturated carbocycles. The lowest BCUT2D eigenvalue weighted by atomic mass is 10.2. The topological polar surface area (TPSA) is 114 Å². The van der Waals surface area contributed by atoms with E-state index in [1.807, 2.05) is 23.8 Å². The summed E-state index contributed by atoms with van der Waals surface area (Å²) in [6.45, 7) is 2.81. The van der Waals surface area contributed by atoms with E-state index in [1.54, 1.807) is 12.1 Å². The molecule has 0 saturated heterocycles. The quantitative estimate of drug-likeness (QED) is 0.609. The Kier molecular flexibility index (Phi) is 7.07. The van der Waals surface area contributed by atoms with Crippen LogP contribution in [0, 0.1) is 6.92 Å². The van der Waals surface area contributed by atoms with Crippen molar-refractivity contribution in [3.05, 3.63) is 54.1 Å². The molecule has 28 heavy (non-hydrogen) atoms. The molecule has 0 spiro atoms. The summed E-state index contributed by atoms with van der Waals surface area (Å²) in [5, 5.41) is 5.26. The van der Waals surface area contributed by atoms with Crippen molar-refractivity contribution >= 4 is 44.9 Å². The molecule has 10 heteroatoms. The number of amides is 2. The minimum absolute atomic E-state index is 0.0373. The fourth-order valence-corrected chi connectivity index (χ4v) is 3.37. The van der Waals surface area contributed by atoms with Gasteiger partial charge >= 0.3 is 0 Å². The van der Waals surface area contributed by atoms with Crippen LogP contribution in [0.4, 0.5) is 5.69 Å². The molecule has 2 rings (SSSR count). The van der Waals surface area contributed by atoms with Gasteiger partial charge in [0.1, 0.15) is 5.75 Å². The third-order valence-electron chi connectivity index (χ3n) is 3.31. The number of thiocarbonyl (C=S) groups is 1. The van der Waals surface area contributed by atoms with Gasteiger partial charge < -0.3 is 10.1 Å². The van der Waals surface area contributed by atoms with Crippen LogP contribution in [0.15, 0.2) is 53.4 Å². The molecule has 0 aromatic heterocycles. The number of ether oxygens (including phenoxy) is 1. The highest BCUT2D eigenvalue weighted by Crippen LogP contribution is 2.14. The Morgan fingerprint density at radius 3 is 2.39 bits per heavy atom. The normalized spacial score (nSPS) is 10.6. The average Bonchev–Trinajstić information content (AvgIpc) is 2.59. The fourth-order valence-electron chi connectivity index (χ4n) is 2.14. The summed E-state index contributed by atoms with van der Waals surface area (Å²) in [6.07, 6.45) is 0. The second-order valence-corrected chi connectivity index (χ2v) is 7.88. The van der Waals surface area contributed by atoms with Crippen LogP contribution in [0.2, 0.25) is 0 Å². The van der Waals surface area contributed by atoms with Crippen LogP contribution in [-0.2, 0) is 19.6 Å². The molecule has 0 aliphatic rings. The second kappa shape index (κ2) is 9.29. The van der Waals surface area contributed by atoms with Crippen molar-refractivity contribution in [2.24, 2.45) is 0 Å². The first-order valence-corrected chi connectivity index (χ1v) is 9.98. The van der Waals surface area contributed by atoms with E-state index in [0.717, 1.165) is 12.5 Å². The number of sulfonamides is 1. The number of benzene rings is 2. The van der Waals surface area contributed by atoms with E-state index in [9.17, 15) is 18.0 Å². The van der Waals surface area contributed by atoms with E-state index in [1.165, 1.54) is 24.3 Å². The van der Waals surface area contributed by atoms with Crippen molar-refractivity contribution in [1.29, 1.82) is 0 Å². The molecular weight excluding hydrogens is 402 g/mol. The minimum Gasteiger partial charge on any atom is -0.484 e. The van der Waals surface area contributed by atoms with Crippen molar-refractivity contribution in [3.63, 3.8) is 0 Å². The maximum absolute atomic E-state index is 11.9. The molecule has 0 radical (unpaired) electrons. The molecule has 0 bridgehead atoms. The highest BCUT2D eigenvalue weighted by molar-refractivity contribution is 7.90. The van der Waals surface area contributed by atoms with Gasteiger partial charge in [-0.15, -0.1) is 0 Å². The standard InChI is InChI=1S/C18H19N3O5S2/c1-12-4-3-5-15(10-12)26-11-17(23)20-18(27)19-14-6-8-16(9-7-14)28(24,25)21-13(2)22/h3-10H,11H2,1-2H3,(H,21,22)(H2,19,20,23,27). The molecule has 0 atom stereocenters.